The Morgan fingerprint density at radius 2 is 2.12 bits per heavy atom. The first-order chi connectivity index (χ1) is 11.7. The number of carbonyl (C=O) groups excluding carboxylic acids is 2. The largest absolute Gasteiger partial charge is 0.340 e. The van der Waals surface area contributed by atoms with Crippen LogP contribution in [0.4, 0.5) is 5.69 Å². The Morgan fingerprint density at radius 3 is 2.96 bits per heavy atom. The standard InChI is InChI=1S/C18H20N4O2/c23-17-11-15(14-6-1-2-7-16(14)20-17)18(24)21-9-3-5-13(12-21)22-10-4-8-19-22/h1-2,4,6-8,10,13,15H,3,5,9,11-12H2,(H,20,23)/t13-,15+/m1/s1. The van der Waals surface area contributed by atoms with Gasteiger partial charge in [0.25, 0.3) is 0 Å². The number of aromatic nitrogens is 2. The second-order valence-corrected chi connectivity index (χ2v) is 6.46. The molecule has 1 saturated heterocycles. The Bertz CT molecular complexity index is 756. The highest BCUT2D eigenvalue weighted by Gasteiger charge is 2.35. The highest BCUT2D eigenvalue weighted by Crippen LogP contribution is 2.34. The molecule has 4 rings (SSSR count). The van der Waals surface area contributed by atoms with Gasteiger partial charge in [0.15, 0.2) is 0 Å². The molecule has 1 N–H and O–H groups in total. The molecule has 2 aliphatic rings. The monoisotopic (exact) mass is 324 g/mol. The maximum Gasteiger partial charge on any atom is 0.230 e. The van der Waals surface area contributed by atoms with Crippen molar-refractivity contribution in [3.63, 3.8) is 0 Å². The second-order valence-electron chi connectivity index (χ2n) is 6.46. The van der Waals surface area contributed by atoms with Gasteiger partial charge in [-0.15, -0.1) is 0 Å². The van der Waals surface area contributed by atoms with Gasteiger partial charge in [-0.2, -0.15) is 5.10 Å². The molecule has 2 aromatic rings. The van der Waals surface area contributed by atoms with Crippen LogP contribution in [0.2, 0.25) is 0 Å². The Kier molecular flexibility index (Phi) is 3.80. The van der Waals surface area contributed by atoms with Crippen LogP contribution in [-0.4, -0.2) is 39.6 Å². The van der Waals surface area contributed by atoms with E-state index in [0.29, 0.717) is 6.54 Å². The Labute approximate surface area is 140 Å². The molecular weight excluding hydrogens is 304 g/mol. The van der Waals surface area contributed by atoms with Crippen molar-refractivity contribution in [3.05, 3.63) is 48.3 Å². The molecule has 0 bridgehead atoms. The third-order valence-corrected chi connectivity index (χ3v) is 4.91. The fraction of sp³-hybridized carbons (Fsp3) is 0.389. The number of hydrogen-bond acceptors (Lipinski definition) is 3. The molecule has 24 heavy (non-hydrogen) atoms. The number of fused-ring (bicyclic) bond motifs is 1. The van der Waals surface area contributed by atoms with Gasteiger partial charge >= 0.3 is 0 Å². The zero-order valence-electron chi connectivity index (χ0n) is 13.4. The first kappa shape index (κ1) is 14.9. The molecule has 3 heterocycles. The molecule has 2 atom stereocenters. The van der Waals surface area contributed by atoms with E-state index in [-0.39, 0.29) is 30.2 Å². The lowest BCUT2D eigenvalue weighted by Gasteiger charge is -2.36. The van der Waals surface area contributed by atoms with E-state index in [0.717, 1.165) is 30.6 Å². The average molecular weight is 324 g/mol. The summed E-state index contributed by atoms with van der Waals surface area (Å²) in [6.45, 7) is 1.40. The summed E-state index contributed by atoms with van der Waals surface area (Å²) in [5, 5.41) is 7.16. The smallest absolute Gasteiger partial charge is 0.230 e. The van der Waals surface area contributed by atoms with Crippen LogP contribution in [0.15, 0.2) is 42.7 Å². The number of nitrogens with one attached hydrogen (secondary N) is 1. The normalized spacial score (nSPS) is 23.5. The second kappa shape index (κ2) is 6.11. The molecule has 6 heteroatoms. The van der Waals surface area contributed by atoms with E-state index >= 15 is 0 Å². The number of rotatable bonds is 2. The lowest BCUT2D eigenvalue weighted by atomic mass is 9.88. The summed E-state index contributed by atoms with van der Waals surface area (Å²) < 4.78 is 1.93. The maximum atomic E-state index is 13.1. The van der Waals surface area contributed by atoms with Gasteiger partial charge in [-0.25, -0.2) is 0 Å². The van der Waals surface area contributed by atoms with Gasteiger partial charge in [0.2, 0.25) is 11.8 Å². The summed E-state index contributed by atoms with van der Waals surface area (Å²) in [6, 6.07) is 9.70. The molecule has 2 aliphatic heterocycles. The van der Waals surface area contributed by atoms with Crippen LogP contribution in [0, 0.1) is 0 Å². The molecule has 1 fully saturated rings. The van der Waals surface area contributed by atoms with Gasteiger partial charge in [0.05, 0.1) is 12.0 Å². The molecule has 6 nitrogen and oxygen atoms in total. The quantitative estimate of drug-likeness (QED) is 0.920. The molecule has 0 radical (unpaired) electrons. The SMILES string of the molecule is O=C1C[C@H](C(=O)N2CCC[C@@H](n3cccn3)C2)c2ccccc2N1. The lowest BCUT2D eigenvalue weighted by Crippen LogP contribution is -2.44. The van der Waals surface area contributed by atoms with E-state index in [1.165, 1.54) is 0 Å². The van der Waals surface area contributed by atoms with Crippen molar-refractivity contribution in [1.82, 2.24) is 14.7 Å². The van der Waals surface area contributed by atoms with Crippen LogP contribution in [0.3, 0.4) is 0 Å². The summed E-state index contributed by atoms with van der Waals surface area (Å²) in [4.78, 5) is 27.0. The molecule has 0 aliphatic carbocycles. The third-order valence-electron chi connectivity index (χ3n) is 4.91. The predicted molar refractivity (Wildman–Crippen MR) is 89.5 cm³/mol. The summed E-state index contributed by atoms with van der Waals surface area (Å²) in [5.74, 6) is -0.423. The van der Waals surface area contributed by atoms with Crippen molar-refractivity contribution < 1.29 is 9.59 Å². The number of anilines is 1. The zero-order chi connectivity index (χ0) is 16.5. The summed E-state index contributed by atoms with van der Waals surface area (Å²) in [7, 11) is 0. The molecule has 1 aromatic carbocycles. The number of likely N-dealkylation sites (tertiary alicyclic amines) is 1. The number of para-hydroxylation sites is 1. The maximum absolute atomic E-state index is 13.1. The van der Waals surface area contributed by atoms with Gasteiger partial charge in [0.1, 0.15) is 0 Å². The number of nitrogens with zero attached hydrogens (tertiary/aromatic N) is 3. The minimum atomic E-state index is -0.383. The fourth-order valence-electron chi connectivity index (χ4n) is 3.72. The van der Waals surface area contributed by atoms with Crippen LogP contribution in [0.1, 0.15) is 36.8 Å². The highest BCUT2D eigenvalue weighted by atomic mass is 16.2. The molecule has 1 aromatic heterocycles. The summed E-state index contributed by atoms with van der Waals surface area (Å²) in [5.41, 5.74) is 1.68. The lowest BCUT2D eigenvalue weighted by molar-refractivity contribution is -0.136. The number of carbonyl (C=O) groups is 2. The van der Waals surface area contributed by atoms with Gasteiger partial charge in [0, 0.05) is 37.6 Å². The highest BCUT2D eigenvalue weighted by molar-refractivity contribution is 6.01. The first-order valence-corrected chi connectivity index (χ1v) is 8.39. The first-order valence-electron chi connectivity index (χ1n) is 8.39. The van der Waals surface area contributed by atoms with Crippen LogP contribution in [-0.2, 0) is 9.59 Å². The fourth-order valence-corrected chi connectivity index (χ4v) is 3.72. The van der Waals surface area contributed by atoms with Crippen LogP contribution < -0.4 is 5.32 Å². The minimum Gasteiger partial charge on any atom is -0.340 e. The number of amides is 2. The van der Waals surface area contributed by atoms with E-state index in [1.807, 2.05) is 46.1 Å². The van der Waals surface area contributed by atoms with E-state index in [4.69, 9.17) is 0 Å². The van der Waals surface area contributed by atoms with Crippen LogP contribution in [0.25, 0.3) is 0 Å². The van der Waals surface area contributed by atoms with Gasteiger partial charge in [-0.1, -0.05) is 18.2 Å². The van der Waals surface area contributed by atoms with Gasteiger partial charge in [-0.05, 0) is 30.5 Å². The average Bonchev–Trinajstić information content (AvgIpc) is 3.15. The molecule has 0 saturated carbocycles. The van der Waals surface area contributed by atoms with Crippen molar-refractivity contribution in [2.24, 2.45) is 0 Å². The minimum absolute atomic E-state index is 0.0501. The number of hydrogen-bond donors (Lipinski definition) is 1. The molecule has 2 amide bonds. The van der Waals surface area contributed by atoms with Gasteiger partial charge in [-0.3, -0.25) is 14.3 Å². The number of piperidine rings is 1. The Morgan fingerprint density at radius 1 is 1.25 bits per heavy atom. The number of benzene rings is 1. The molecule has 0 spiro atoms. The topological polar surface area (TPSA) is 67.2 Å². The van der Waals surface area contributed by atoms with Crippen molar-refractivity contribution in [3.8, 4) is 0 Å². The molecule has 124 valence electrons. The molecule has 0 unspecified atom stereocenters. The van der Waals surface area contributed by atoms with Crippen LogP contribution >= 0.6 is 0 Å². The third kappa shape index (κ3) is 2.68. The van der Waals surface area contributed by atoms with E-state index in [2.05, 4.69) is 10.4 Å². The van der Waals surface area contributed by atoms with Crippen molar-refractivity contribution >= 4 is 17.5 Å². The van der Waals surface area contributed by atoms with E-state index in [9.17, 15) is 9.59 Å². The van der Waals surface area contributed by atoms with Crippen molar-refractivity contribution in [2.75, 3.05) is 18.4 Å². The van der Waals surface area contributed by atoms with Crippen molar-refractivity contribution in [1.29, 1.82) is 0 Å². The van der Waals surface area contributed by atoms with Crippen molar-refractivity contribution in [2.45, 2.75) is 31.2 Å². The van der Waals surface area contributed by atoms with Gasteiger partial charge < -0.3 is 10.2 Å². The summed E-state index contributed by atoms with van der Waals surface area (Å²) >= 11 is 0. The van der Waals surface area contributed by atoms with E-state index in [1.54, 1.807) is 6.20 Å². The zero-order valence-corrected chi connectivity index (χ0v) is 13.4. The van der Waals surface area contributed by atoms with E-state index < -0.39 is 0 Å². The van der Waals surface area contributed by atoms with Crippen LogP contribution in [0.5, 0.6) is 0 Å². The predicted octanol–water partition coefficient (Wildman–Crippen LogP) is 2.17. The Balaban J connectivity index is 1.56. The Hall–Kier alpha value is -2.63. The summed E-state index contributed by atoms with van der Waals surface area (Å²) in [6.07, 6.45) is 5.91. The molecular formula is C18H20N4O2.